The Labute approximate surface area is 260 Å². The smallest absolute Gasteiger partial charge is 0.342 e. The molecule has 0 spiro atoms. The highest BCUT2D eigenvalue weighted by Gasteiger charge is 2.48. The molecule has 0 unspecified atom stereocenters. The summed E-state index contributed by atoms with van der Waals surface area (Å²) in [4.78, 5) is 58.6. The molecule has 1 aromatic heterocycles. The number of fused-ring (bicyclic) bond motifs is 2. The first kappa shape index (κ1) is 33.1. The number of benzene rings is 2. The van der Waals surface area contributed by atoms with Crippen molar-refractivity contribution in [2.75, 3.05) is 0 Å². The SMILES string of the molecule is CC(=O)O[C@@H]1[C@@H](O)[C@H](C)O[C@@H](OC(=O)c2cccc3nc4c(C(=O)O[C@@H]5O[C@@H](C)[C@H](O)[C@@H](OC(C)=O)[C@H]5O)cccc4nc23)[C@@H]1O. The van der Waals surface area contributed by atoms with Crippen molar-refractivity contribution in [3.63, 3.8) is 0 Å². The van der Waals surface area contributed by atoms with Gasteiger partial charge in [0, 0.05) is 13.8 Å². The number of rotatable bonds is 6. The summed E-state index contributed by atoms with van der Waals surface area (Å²) in [5.74, 6) is -3.45. The van der Waals surface area contributed by atoms with E-state index >= 15 is 0 Å². The molecule has 2 fully saturated rings. The van der Waals surface area contributed by atoms with Gasteiger partial charge < -0.3 is 48.8 Å². The summed E-state index contributed by atoms with van der Waals surface area (Å²) >= 11 is 0. The van der Waals surface area contributed by atoms with E-state index in [0.29, 0.717) is 0 Å². The van der Waals surface area contributed by atoms with Crippen LogP contribution in [0.5, 0.6) is 0 Å². The highest BCUT2D eigenvalue weighted by molar-refractivity contribution is 6.07. The quantitative estimate of drug-likeness (QED) is 0.156. The van der Waals surface area contributed by atoms with Crippen molar-refractivity contribution >= 4 is 45.9 Å². The van der Waals surface area contributed by atoms with E-state index < -0.39 is 85.3 Å². The minimum Gasteiger partial charge on any atom is -0.457 e. The first-order chi connectivity index (χ1) is 21.8. The number of aromatic nitrogens is 2. The molecular weight excluding hydrogens is 612 g/mol. The van der Waals surface area contributed by atoms with E-state index in [1.54, 1.807) is 0 Å². The summed E-state index contributed by atoms with van der Waals surface area (Å²) < 4.78 is 31.8. The molecule has 46 heavy (non-hydrogen) atoms. The van der Waals surface area contributed by atoms with Crippen molar-refractivity contribution in [1.29, 1.82) is 0 Å². The van der Waals surface area contributed by atoms with Crippen molar-refractivity contribution in [1.82, 2.24) is 9.97 Å². The molecule has 3 heterocycles. The normalized spacial score (nSPS) is 31.2. The van der Waals surface area contributed by atoms with Gasteiger partial charge in [-0.3, -0.25) is 9.59 Å². The number of carbonyl (C=O) groups excluding carboxylic acids is 4. The number of hydrogen-bond acceptors (Lipinski definition) is 16. The second-order valence-electron chi connectivity index (χ2n) is 10.9. The number of para-hydroxylation sites is 2. The van der Waals surface area contributed by atoms with E-state index in [-0.39, 0.29) is 33.2 Å². The molecule has 0 amide bonds. The van der Waals surface area contributed by atoms with E-state index in [2.05, 4.69) is 9.97 Å². The van der Waals surface area contributed by atoms with Crippen LogP contribution >= 0.6 is 0 Å². The molecule has 5 rings (SSSR count). The molecule has 0 saturated carbocycles. The largest absolute Gasteiger partial charge is 0.457 e. The van der Waals surface area contributed by atoms with Crippen molar-refractivity contribution in [2.45, 2.75) is 89.1 Å². The van der Waals surface area contributed by atoms with Gasteiger partial charge in [-0.15, -0.1) is 0 Å². The van der Waals surface area contributed by atoms with Gasteiger partial charge in [0.1, 0.15) is 23.2 Å². The maximum absolute atomic E-state index is 13.3. The molecule has 246 valence electrons. The van der Waals surface area contributed by atoms with Crippen molar-refractivity contribution in [3.8, 4) is 0 Å². The second kappa shape index (κ2) is 13.2. The van der Waals surface area contributed by atoms with Crippen molar-refractivity contribution < 1.29 is 68.0 Å². The lowest BCUT2D eigenvalue weighted by atomic mass is 9.99. The van der Waals surface area contributed by atoms with Gasteiger partial charge in [-0.05, 0) is 38.1 Å². The van der Waals surface area contributed by atoms with Crippen LogP contribution in [0.1, 0.15) is 48.4 Å². The lowest BCUT2D eigenvalue weighted by Crippen LogP contribution is -2.59. The average molecular weight is 645 g/mol. The third-order valence-electron chi connectivity index (χ3n) is 7.55. The molecule has 16 nitrogen and oxygen atoms in total. The molecule has 4 N–H and O–H groups in total. The molecule has 2 aliphatic heterocycles. The van der Waals surface area contributed by atoms with Gasteiger partial charge >= 0.3 is 23.9 Å². The minimum atomic E-state index is -1.70. The number of nitrogens with zero attached hydrogens (tertiary/aromatic N) is 2. The number of hydrogen-bond donors (Lipinski definition) is 4. The molecule has 3 aromatic rings. The number of carbonyl (C=O) groups is 4. The fourth-order valence-corrected chi connectivity index (χ4v) is 5.24. The predicted molar refractivity (Wildman–Crippen MR) is 152 cm³/mol. The topological polar surface area (TPSA) is 230 Å². The Morgan fingerprint density at radius 3 is 1.33 bits per heavy atom. The zero-order chi connectivity index (χ0) is 33.4. The second-order valence-corrected chi connectivity index (χ2v) is 10.9. The maximum Gasteiger partial charge on any atom is 0.342 e. The summed E-state index contributed by atoms with van der Waals surface area (Å²) in [6, 6.07) is 8.83. The molecule has 10 atom stereocenters. The van der Waals surface area contributed by atoms with Crippen LogP contribution in [0.2, 0.25) is 0 Å². The van der Waals surface area contributed by atoms with Crippen LogP contribution in [0.4, 0.5) is 0 Å². The molecule has 0 radical (unpaired) electrons. The predicted octanol–water partition coefficient (Wildman–Crippen LogP) is -0.107. The molecule has 2 aliphatic rings. The lowest BCUT2D eigenvalue weighted by molar-refractivity contribution is -0.280. The highest BCUT2D eigenvalue weighted by Crippen LogP contribution is 2.29. The molecule has 2 aromatic carbocycles. The standard InChI is InChI=1S/C30H32N2O14/c1-11-21(35)25(43-13(3)33)23(37)29(41-11)45-27(39)15-7-5-9-17-19(15)31-18-10-6-8-16(20(18)32-17)28(40)46-30-24(38)26(44-14(4)34)22(36)12(2)42-30/h5-12,21-26,29-30,35-38H,1-4H3/t11-,12-,21-,22-,23+,24+,25+,26+,29-,30-/m0/s1. The van der Waals surface area contributed by atoms with Crippen LogP contribution < -0.4 is 0 Å². The van der Waals surface area contributed by atoms with Crippen LogP contribution in [-0.2, 0) is 38.0 Å². The minimum absolute atomic E-state index is 0.0683. The summed E-state index contributed by atoms with van der Waals surface area (Å²) in [6.45, 7) is 5.11. The zero-order valence-electron chi connectivity index (χ0n) is 25.0. The maximum atomic E-state index is 13.3. The summed E-state index contributed by atoms with van der Waals surface area (Å²) in [6.07, 6.45) is -14.1. The van der Waals surface area contributed by atoms with Gasteiger partial charge in [-0.1, -0.05) is 12.1 Å². The zero-order valence-corrected chi connectivity index (χ0v) is 25.0. The van der Waals surface area contributed by atoms with Gasteiger partial charge in [-0.2, -0.15) is 0 Å². The monoisotopic (exact) mass is 644 g/mol. The summed E-state index contributed by atoms with van der Waals surface area (Å²) in [5.41, 5.74) is 0.378. The van der Waals surface area contributed by atoms with Gasteiger partial charge in [0.05, 0.1) is 34.4 Å². The fraction of sp³-hybridized carbons (Fsp3) is 0.467. The Balaban J connectivity index is 1.41. The Bertz CT molecular complexity index is 1540. The average Bonchev–Trinajstić information content (AvgIpc) is 3.00. The number of aliphatic hydroxyl groups is 4. The van der Waals surface area contributed by atoms with Crippen molar-refractivity contribution in [2.24, 2.45) is 0 Å². The summed E-state index contributed by atoms with van der Waals surface area (Å²) in [7, 11) is 0. The van der Waals surface area contributed by atoms with E-state index in [9.17, 15) is 39.6 Å². The Kier molecular flexibility index (Phi) is 9.48. The third-order valence-corrected chi connectivity index (χ3v) is 7.55. The number of aliphatic hydroxyl groups excluding tert-OH is 4. The van der Waals surface area contributed by atoms with Gasteiger partial charge in [0.15, 0.2) is 24.4 Å². The molecule has 2 saturated heterocycles. The van der Waals surface area contributed by atoms with Crippen LogP contribution in [-0.4, -0.2) is 116 Å². The van der Waals surface area contributed by atoms with Crippen LogP contribution in [0.3, 0.4) is 0 Å². The van der Waals surface area contributed by atoms with Gasteiger partial charge in [0.2, 0.25) is 12.6 Å². The highest BCUT2D eigenvalue weighted by atomic mass is 16.7. The third kappa shape index (κ3) is 6.48. The Morgan fingerprint density at radius 2 is 0.978 bits per heavy atom. The molecule has 0 aliphatic carbocycles. The lowest BCUT2D eigenvalue weighted by Gasteiger charge is -2.40. The van der Waals surface area contributed by atoms with E-state index in [1.807, 2.05) is 0 Å². The Morgan fingerprint density at radius 1 is 0.609 bits per heavy atom. The molecular formula is C30H32N2O14. The fourth-order valence-electron chi connectivity index (χ4n) is 5.24. The number of esters is 4. The summed E-state index contributed by atoms with van der Waals surface area (Å²) in [5, 5.41) is 41.9. The molecule has 0 bridgehead atoms. The molecule has 16 heteroatoms. The van der Waals surface area contributed by atoms with Gasteiger partial charge in [0.25, 0.3) is 0 Å². The first-order valence-corrected chi connectivity index (χ1v) is 14.3. The van der Waals surface area contributed by atoms with E-state index in [0.717, 1.165) is 13.8 Å². The number of ether oxygens (including phenoxy) is 6. The van der Waals surface area contributed by atoms with E-state index in [1.165, 1.54) is 50.2 Å². The Hall–Kier alpha value is -4.32. The van der Waals surface area contributed by atoms with Crippen LogP contribution in [0.15, 0.2) is 36.4 Å². The first-order valence-electron chi connectivity index (χ1n) is 14.3. The van der Waals surface area contributed by atoms with Crippen LogP contribution in [0.25, 0.3) is 22.1 Å². The van der Waals surface area contributed by atoms with Gasteiger partial charge in [-0.25, -0.2) is 19.6 Å². The van der Waals surface area contributed by atoms with Crippen molar-refractivity contribution in [3.05, 3.63) is 47.5 Å². The van der Waals surface area contributed by atoms with Crippen LogP contribution in [0, 0.1) is 0 Å². The van der Waals surface area contributed by atoms with E-state index in [4.69, 9.17) is 28.4 Å².